The molecule has 20 heavy (non-hydrogen) atoms. The number of carbonyl (C=O) groups excluding carboxylic acids is 1. The SMILES string of the molecule is O=C(c1ccc(I)cc1)N(CCBr)Cc1ccccc1. The number of carbonyl (C=O) groups is 1. The van der Waals surface area contributed by atoms with Gasteiger partial charge in [-0.15, -0.1) is 0 Å². The molecule has 0 N–H and O–H groups in total. The second-order valence-electron chi connectivity index (χ2n) is 4.41. The van der Waals surface area contributed by atoms with Crippen molar-refractivity contribution in [1.29, 1.82) is 0 Å². The van der Waals surface area contributed by atoms with Gasteiger partial charge >= 0.3 is 0 Å². The first kappa shape index (κ1) is 15.5. The second-order valence-corrected chi connectivity index (χ2v) is 6.45. The summed E-state index contributed by atoms with van der Waals surface area (Å²) in [6, 6.07) is 17.8. The van der Waals surface area contributed by atoms with Gasteiger partial charge in [-0.2, -0.15) is 0 Å². The van der Waals surface area contributed by atoms with Gasteiger partial charge in [0, 0.05) is 27.6 Å². The predicted octanol–water partition coefficient (Wildman–Crippen LogP) is 4.33. The van der Waals surface area contributed by atoms with Crippen molar-refractivity contribution in [3.8, 4) is 0 Å². The number of alkyl halides is 1. The number of rotatable bonds is 5. The average Bonchev–Trinajstić information content (AvgIpc) is 2.48. The van der Waals surface area contributed by atoms with Crippen molar-refractivity contribution >= 4 is 44.4 Å². The van der Waals surface area contributed by atoms with Gasteiger partial charge in [-0.3, -0.25) is 4.79 Å². The molecule has 0 radical (unpaired) electrons. The van der Waals surface area contributed by atoms with Crippen LogP contribution < -0.4 is 0 Å². The largest absolute Gasteiger partial charge is 0.333 e. The average molecular weight is 444 g/mol. The Balaban J connectivity index is 2.15. The maximum atomic E-state index is 12.6. The summed E-state index contributed by atoms with van der Waals surface area (Å²) in [5.74, 6) is 0.0738. The summed E-state index contributed by atoms with van der Waals surface area (Å²) < 4.78 is 1.13. The van der Waals surface area contributed by atoms with Crippen LogP contribution >= 0.6 is 38.5 Å². The maximum absolute atomic E-state index is 12.6. The highest BCUT2D eigenvalue weighted by molar-refractivity contribution is 14.1. The van der Waals surface area contributed by atoms with Gasteiger partial charge < -0.3 is 4.90 Å². The highest BCUT2D eigenvalue weighted by atomic mass is 127. The van der Waals surface area contributed by atoms with Crippen LogP contribution in [0.4, 0.5) is 0 Å². The van der Waals surface area contributed by atoms with Crippen molar-refractivity contribution in [2.24, 2.45) is 0 Å². The topological polar surface area (TPSA) is 20.3 Å². The fourth-order valence-electron chi connectivity index (χ4n) is 1.93. The third kappa shape index (κ3) is 4.31. The molecule has 0 fully saturated rings. The zero-order valence-corrected chi connectivity index (χ0v) is 14.7. The molecule has 2 rings (SSSR count). The lowest BCUT2D eigenvalue weighted by Crippen LogP contribution is -2.32. The summed E-state index contributed by atoms with van der Waals surface area (Å²) in [6.07, 6.45) is 0. The molecule has 2 aromatic rings. The van der Waals surface area contributed by atoms with Crippen molar-refractivity contribution in [3.63, 3.8) is 0 Å². The molecule has 0 aliphatic rings. The van der Waals surface area contributed by atoms with Gasteiger partial charge in [-0.1, -0.05) is 46.3 Å². The molecular formula is C16H15BrINO. The van der Waals surface area contributed by atoms with Crippen LogP contribution in [-0.2, 0) is 6.54 Å². The summed E-state index contributed by atoms with van der Waals surface area (Å²) in [4.78, 5) is 14.4. The molecule has 0 heterocycles. The van der Waals surface area contributed by atoms with Gasteiger partial charge in [-0.25, -0.2) is 0 Å². The Morgan fingerprint density at radius 1 is 1.05 bits per heavy atom. The summed E-state index contributed by atoms with van der Waals surface area (Å²) in [5.41, 5.74) is 1.88. The van der Waals surface area contributed by atoms with E-state index in [0.717, 1.165) is 20.0 Å². The molecule has 0 aliphatic heterocycles. The van der Waals surface area contributed by atoms with Crippen LogP contribution in [-0.4, -0.2) is 22.7 Å². The number of amides is 1. The normalized spacial score (nSPS) is 10.3. The number of nitrogens with zero attached hydrogens (tertiary/aromatic N) is 1. The molecule has 0 spiro atoms. The van der Waals surface area contributed by atoms with Gasteiger partial charge in [0.2, 0.25) is 0 Å². The van der Waals surface area contributed by atoms with Crippen molar-refractivity contribution in [1.82, 2.24) is 4.90 Å². The maximum Gasteiger partial charge on any atom is 0.254 e. The van der Waals surface area contributed by atoms with Gasteiger partial charge in [-0.05, 0) is 52.4 Å². The summed E-state index contributed by atoms with van der Waals surface area (Å²) in [5, 5.41) is 0.774. The zero-order chi connectivity index (χ0) is 14.4. The Morgan fingerprint density at radius 3 is 2.30 bits per heavy atom. The third-order valence-corrected chi connectivity index (χ3v) is 4.02. The molecule has 0 aliphatic carbocycles. The van der Waals surface area contributed by atoms with E-state index in [1.165, 1.54) is 0 Å². The van der Waals surface area contributed by atoms with Gasteiger partial charge in [0.05, 0.1) is 0 Å². The van der Waals surface area contributed by atoms with Crippen LogP contribution in [0.15, 0.2) is 54.6 Å². The molecule has 0 atom stereocenters. The van der Waals surface area contributed by atoms with E-state index in [4.69, 9.17) is 0 Å². The van der Waals surface area contributed by atoms with Crippen molar-refractivity contribution in [2.75, 3.05) is 11.9 Å². The van der Waals surface area contributed by atoms with E-state index in [0.29, 0.717) is 13.1 Å². The van der Waals surface area contributed by atoms with E-state index >= 15 is 0 Å². The molecular weight excluding hydrogens is 429 g/mol. The Labute approximate surface area is 141 Å². The zero-order valence-electron chi connectivity index (χ0n) is 10.9. The van der Waals surface area contributed by atoms with E-state index in [1.54, 1.807) is 0 Å². The van der Waals surface area contributed by atoms with Crippen LogP contribution in [0, 0.1) is 3.57 Å². The minimum absolute atomic E-state index is 0.0738. The molecule has 0 saturated heterocycles. The van der Waals surface area contributed by atoms with Crippen LogP contribution in [0.1, 0.15) is 15.9 Å². The van der Waals surface area contributed by atoms with Crippen molar-refractivity contribution in [3.05, 3.63) is 69.3 Å². The lowest BCUT2D eigenvalue weighted by molar-refractivity contribution is 0.0754. The van der Waals surface area contributed by atoms with E-state index in [1.807, 2.05) is 59.5 Å². The van der Waals surface area contributed by atoms with E-state index in [2.05, 4.69) is 38.5 Å². The van der Waals surface area contributed by atoms with E-state index in [9.17, 15) is 4.79 Å². The monoisotopic (exact) mass is 443 g/mol. The summed E-state index contributed by atoms with van der Waals surface area (Å²) in [6.45, 7) is 1.33. The van der Waals surface area contributed by atoms with Crippen molar-refractivity contribution in [2.45, 2.75) is 6.54 Å². The molecule has 0 saturated carbocycles. The highest BCUT2D eigenvalue weighted by Crippen LogP contribution is 2.12. The van der Waals surface area contributed by atoms with E-state index < -0.39 is 0 Å². The van der Waals surface area contributed by atoms with Gasteiger partial charge in [0.25, 0.3) is 5.91 Å². The molecule has 2 aromatic carbocycles. The molecule has 0 bridgehead atoms. The second kappa shape index (κ2) is 7.78. The standard InChI is InChI=1S/C16H15BrINO/c17-10-11-19(12-13-4-2-1-3-5-13)16(20)14-6-8-15(18)9-7-14/h1-9H,10-12H2. The fourth-order valence-corrected chi connectivity index (χ4v) is 2.72. The number of hydrogen-bond donors (Lipinski definition) is 0. The van der Waals surface area contributed by atoms with Crippen LogP contribution in [0.2, 0.25) is 0 Å². The molecule has 0 unspecified atom stereocenters. The van der Waals surface area contributed by atoms with Crippen LogP contribution in [0.3, 0.4) is 0 Å². The van der Waals surface area contributed by atoms with Gasteiger partial charge in [0.1, 0.15) is 0 Å². The fraction of sp³-hybridized carbons (Fsp3) is 0.188. The van der Waals surface area contributed by atoms with Crippen molar-refractivity contribution < 1.29 is 4.79 Å². The first-order chi connectivity index (χ1) is 9.70. The Hall–Kier alpha value is -0.880. The summed E-state index contributed by atoms with van der Waals surface area (Å²) >= 11 is 5.66. The van der Waals surface area contributed by atoms with Crippen LogP contribution in [0.25, 0.3) is 0 Å². The number of benzene rings is 2. The highest BCUT2D eigenvalue weighted by Gasteiger charge is 2.15. The van der Waals surface area contributed by atoms with E-state index in [-0.39, 0.29) is 5.91 Å². The Kier molecular flexibility index (Phi) is 6.04. The molecule has 1 amide bonds. The Bertz CT molecular complexity index is 556. The lowest BCUT2D eigenvalue weighted by atomic mass is 10.1. The van der Waals surface area contributed by atoms with Gasteiger partial charge in [0.15, 0.2) is 0 Å². The number of hydrogen-bond acceptors (Lipinski definition) is 1. The minimum atomic E-state index is 0.0738. The third-order valence-electron chi connectivity index (χ3n) is 2.95. The first-order valence-electron chi connectivity index (χ1n) is 6.35. The smallest absolute Gasteiger partial charge is 0.254 e. The predicted molar refractivity (Wildman–Crippen MR) is 94.1 cm³/mol. The quantitative estimate of drug-likeness (QED) is 0.497. The number of halogens is 2. The molecule has 0 aromatic heterocycles. The molecule has 104 valence electrons. The first-order valence-corrected chi connectivity index (χ1v) is 8.55. The minimum Gasteiger partial charge on any atom is -0.333 e. The Morgan fingerprint density at radius 2 is 1.70 bits per heavy atom. The lowest BCUT2D eigenvalue weighted by Gasteiger charge is -2.22. The molecule has 4 heteroatoms. The summed E-state index contributed by atoms with van der Waals surface area (Å²) in [7, 11) is 0. The molecule has 2 nitrogen and oxygen atoms in total. The van der Waals surface area contributed by atoms with Crippen LogP contribution in [0.5, 0.6) is 0 Å².